The highest BCUT2D eigenvalue weighted by Crippen LogP contribution is 2.18. The molecule has 19 heavy (non-hydrogen) atoms. The molecule has 0 saturated carbocycles. The van der Waals surface area contributed by atoms with Gasteiger partial charge in [0.25, 0.3) is 0 Å². The Hall–Kier alpha value is -1.35. The monoisotopic (exact) mass is 261 g/mol. The van der Waals surface area contributed by atoms with Crippen LogP contribution >= 0.6 is 0 Å². The van der Waals surface area contributed by atoms with Crippen LogP contribution in [0.4, 0.5) is 5.69 Å². The number of ether oxygens (including phenoxy) is 1. The summed E-state index contributed by atoms with van der Waals surface area (Å²) >= 11 is 0. The molecule has 104 valence electrons. The molecule has 0 spiro atoms. The Morgan fingerprint density at radius 1 is 1.16 bits per heavy atom. The zero-order valence-electron chi connectivity index (χ0n) is 11.7. The molecule has 1 aromatic carbocycles. The number of benzene rings is 1. The van der Waals surface area contributed by atoms with Gasteiger partial charge in [-0.2, -0.15) is 0 Å². The molecule has 0 unspecified atom stereocenters. The Morgan fingerprint density at radius 3 is 2.47 bits per heavy atom. The van der Waals surface area contributed by atoms with Crippen LogP contribution in [-0.2, 0) is 4.74 Å². The van der Waals surface area contributed by atoms with Gasteiger partial charge in [0.2, 0.25) is 0 Å². The van der Waals surface area contributed by atoms with Gasteiger partial charge in [0, 0.05) is 30.8 Å². The van der Waals surface area contributed by atoms with E-state index in [-0.39, 0.29) is 5.78 Å². The van der Waals surface area contributed by atoms with E-state index in [1.165, 1.54) is 5.69 Å². The van der Waals surface area contributed by atoms with Gasteiger partial charge in [-0.25, -0.2) is 0 Å². The molecule has 1 aliphatic rings. The first kappa shape index (κ1) is 14.1. The molecule has 3 nitrogen and oxygen atoms in total. The van der Waals surface area contributed by atoms with Gasteiger partial charge in [-0.15, -0.1) is 0 Å². The highest BCUT2D eigenvalue weighted by molar-refractivity contribution is 5.96. The van der Waals surface area contributed by atoms with Crippen LogP contribution in [0.15, 0.2) is 24.3 Å². The summed E-state index contributed by atoms with van der Waals surface area (Å²) in [6.07, 6.45) is 3.96. The van der Waals surface area contributed by atoms with E-state index in [9.17, 15) is 4.79 Å². The molecule has 1 aliphatic heterocycles. The molecule has 1 fully saturated rings. The highest BCUT2D eigenvalue weighted by atomic mass is 16.5. The van der Waals surface area contributed by atoms with Gasteiger partial charge in [-0.3, -0.25) is 4.79 Å². The Labute approximate surface area is 115 Å². The Balaban J connectivity index is 1.91. The third kappa shape index (κ3) is 4.06. The second-order valence-corrected chi connectivity index (χ2v) is 5.03. The number of ketones is 1. The van der Waals surface area contributed by atoms with Crippen LogP contribution in [0, 0.1) is 0 Å². The maximum absolute atomic E-state index is 12.0. The van der Waals surface area contributed by atoms with E-state index in [0.29, 0.717) is 6.42 Å². The molecule has 0 aliphatic carbocycles. The normalized spacial score (nSPS) is 15.5. The number of Topliss-reactive ketones (excluding diaryl/α,β-unsaturated/α-hetero) is 1. The summed E-state index contributed by atoms with van der Waals surface area (Å²) < 4.78 is 5.34. The van der Waals surface area contributed by atoms with Crippen LogP contribution in [0.25, 0.3) is 0 Å². The minimum absolute atomic E-state index is 0.266. The van der Waals surface area contributed by atoms with Crippen molar-refractivity contribution >= 4 is 11.5 Å². The van der Waals surface area contributed by atoms with Crippen LogP contribution < -0.4 is 4.90 Å². The van der Waals surface area contributed by atoms with Crippen molar-refractivity contribution in [1.29, 1.82) is 0 Å². The molecule has 2 rings (SSSR count). The summed E-state index contributed by atoms with van der Waals surface area (Å²) in [5, 5.41) is 0. The lowest BCUT2D eigenvalue weighted by Gasteiger charge is -2.28. The summed E-state index contributed by atoms with van der Waals surface area (Å²) in [7, 11) is 0. The molecular weight excluding hydrogens is 238 g/mol. The van der Waals surface area contributed by atoms with Crippen molar-refractivity contribution in [3.63, 3.8) is 0 Å². The summed E-state index contributed by atoms with van der Waals surface area (Å²) in [5.74, 6) is 0.266. The molecule has 0 atom stereocenters. The number of carbonyl (C=O) groups is 1. The second kappa shape index (κ2) is 7.29. The number of hydrogen-bond donors (Lipinski definition) is 0. The minimum Gasteiger partial charge on any atom is -0.378 e. The molecule has 1 saturated heterocycles. The lowest BCUT2D eigenvalue weighted by atomic mass is 10.0. The van der Waals surface area contributed by atoms with Crippen LogP contribution in [0.5, 0.6) is 0 Å². The van der Waals surface area contributed by atoms with Gasteiger partial charge in [0.1, 0.15) is 0 Å². The van der Waals surface area contributed by atoms with Crippen molar-refractivity contribution in [3.05, 3.63) is 29.8 Å². The Bertz CT molecular complexity index is 394. The number of unbranched alkanes of at least 4 members (excludes halogenated alkanes) is 2. The fourth-order valence-corrected chi connectivity index (χ4v) is 2.36. The van der Waals surface area contributed by atoms with E-state index in [1.807, 2.05) is 12.1 Å². The number of carbonyl (C=O) groups excluding carboxylic acids is 1. The number of rotatable bonds is 6. The molecule has 0 radical (unpaired) electrons. The first-order chi connectivity index (χ1) is 9.31. The third-order valence-corrected chi connectivity index (χ3v) is 3.57. The van der Waals surface area contributed by atoms with Crippen molar-refractivity contribution in [2.24, 2.45) is 0 Å². The average Bonchev–Trinajstić information content (AvgIpc) is 2.48. The molecule has 0 aromatic heterocycles. The summed E-state index contributed by atoms with van der Waals surface area (Å²) in [6.45, 7) is 5.60. The lowest BCUT2D eigenvalue weighted by Crippen LogP contribution is -2.36. The van der Waals surface area contributed by atoms with E-state index in [1.54, 1.807) is 0 Å². The maximum atomic E-state index is 12.0. The van der Waals surface area contributed by atoms with Crippen molar-refractivity contribution in [3.8, 4) is 0 Å². The van der Waals surface area contributed by atoms with E-state index < -0.39 is 0 Å². The number of morpholine rings is 1. The first-order valence-corrected chi connectivity index (χ1v) is 7.27. The topological polar surface area (TPSA) is 29.5 Å². The van der Waals surface area contributed by atoms with Crippen molar-refractivity contribution < 1.29 is 9.53 Å². The number of nitrogens with zero attached hydrogens (tertiary/aromatic N) is 1. The molecule has 0 N–H and O–H groups in total. The number of hydrogen-bond acceptors (Lipinski definition) is 3. The van der Waals surface area contributed by atoms with Gasteiger partial charge < -0.3 is 9.64 Å². The predicted molar refractivity (Wildman–Crippen MR) is 77.9 cm³/mol. The summed E-state index contributed by atoms with van der Waals surface area (Å²) in [6, 6.07) is 8.02. The minimum atomic E-state index is 0.266. The molecule has 1 heterocycles. The first-order valence-electron chi connectivity index (χ1n) is 7.27. The molecular formula is C16H23NO2. The molecule has 0 amide bonds. The molecule has 0 bridgehead atoms. The van der Waals surface area contributed by atoms with E-state index in [4.69, 9.17) is 4.74 Å². The van der Waals surface area contributed by atoms with E-state index in [0.717, 1.165) is 51.1 Å². The van der Waals surface area contributed by atoms with Crippen LogP contribution in [-0.4, -0.2) is 32.1 Å². The zero-order valence-corrected chi connectivity index (χ0v) is 11.7. The number of anilines is 1. The van der Waals surface area contributed by atoms with E-state index >= 15 is 0 Å². The average molecular weight is 261 g/mol. The van der Waals surface area contributed by atoms with Gasteiger partial charge in [-0.05, 0) is 30.7 Å². The second-order valence-electron chi connectivity index (χ2n) is 5.03. The van der Waals surface area contributed by atoms with Gasteiger partial charge in [0.15, 0.2) is 5.78 Å². The Morgan fingerprint density at radius 2 is 1.84 bits per heavy atom. The Kier molecular flexibility index (Phi) is 5.40. The smallest absolute Gasteiger partial charge is 0.162 e. The van der Waals surface area contributed by atoms with Gasteiger partial charge in [-0.1, -0.05) is 19.8 Å². The fraction of sp³-hybridized carbons (Fsp3) is 0.562. The van der Waals surface area contributed by atoms with Crippen LogP contribution in [0.3, 0.4) is 0 Å². The quantitative estimate of drug-likeness (QED) is 0.581. The van der Waals surface area contributed by atoms with Crippen molar-refractivity contribution in [2.75, 3.05) is 31.2 Å². The third-order valence-electron chi connectivity index (χ3n) is 3.57. The highest BCUT2D eigenvalue weighted by Gasteiger charge is 2.12. The standard InChI is InChI=1S/C16H23NO2/c1-2-3-4-5-16(18)14-6-8-15(9-7-14)17-10-12-19-13-11-17/h6-9H,2-5,10-13H2,1H3. The van der Waals surface area contributed by atoms with Gasteiger partial charge in [0.05, 0.1) is 13.2 Å². The SMILES string of the molecule is CCCCCC(=O)c1ccc(N2CCOCC2)cc1. The van der Waals surface area contributed by atoms with Crippen LogP contribution in [0.1, 0.15) is 43.0 Å². The fourth-order valence-electron chi connectivity index (χ4n) is 2.36. The van der Waals surface area contributed by atoms with Crippen molar-refractivity contribution in [2.45, 2.75) is 32.6 Å². The van der Waals surface area contributed by atoms with Crippen LogP contribution in [0.2, 0.25) is 0 Å². The summed E-state index contributed by atoms with van der Waals surface area (Å²) in [4.78, 5) is 14.3. The molecule has 1 aromatic rings. The van der Waals surface area contributed by atoms with Crippen molar-refractivity contribution in [1.82, 2.24) is 0 Å². The predicted octanol–water partition coefficient (Wildman–Crippen LogP) is 3.29. The van der Waals surface area contributed by atoms with Gasteiger partial charge >= 0.3 is 0 Å². The summed E-state index contributed by atoms with van der Waals surface area (Å²) in [5.41, 5.74) is 2.03. The largest absolute Gasteiger partial charge is 0.378 e. The van der Waals surface area contributed by atoms with E-state index in [2.05, 4.69) is 24.0 Å². The lowest BCUT2D eigenvalue weighted by molar-refractivity contribution is 0.0979. The molecule has 3 heteroatoms. The zero-order chi connectivity index (χ0) is 13.5. The maximum Gasteiger partial charge on any atom is 0.162 e.